The first-order chi connectivity index (χ1) is 14.8. The monoisotopic (exact) mass is 443 g/mol. The van der Waals surface area contributed by atoms with E-state index in [0.717, 1.165) is 43.6 Å². The zero-order chi connectivity index (χ0) is 22.0. The van der Waals surface area contributed by atoms with Crippen molar-refractivity contribution in [3.05, 3.63) is 58.7 Å². The Bertz CT molecular complexity index is 1030. The van der Waals surface area contributed by atoms with Gasteiger partial charge in [0.15, 0.2) is 0 Å². The van der Waals surface area contributed by atoms with Crippen molar-refractivity contribution in [3.8, 4) is 0 Å². The SMILES string of the molecule is Cc1ccc(S(=O)(=O)NC[C@H](c2ccc3c(c2)CCCN3C)N2CCOCC2)cc1C. The highest BCUT2D eigenvalue weighted by Gasteiger charge is 2.26. The largest absolute Gasteiger partial charge is 0.379 e. The Hall–Kier alpha value is -1.93. The normalized spacial score (nSPS) is 18.6. The number of morpholine rings is 1. The van der Waals surface area contributed by atoms with Crippen molar-refractivity contribution < 1.29 is 13.2 Å². The predicted molar refractivity (Wildman–Crippen MR) is 124 cm³/mol. The third-order valence-electron chi connectivity index (χ3n) is 6.58. The maximum Gasteiger partial charge on any atom is 0.240 e. The third-order valence-corrected chi connectivity index (χ3v) is 8.00. The average molecular weight is 444 g/mol. The number of nitrogens with zero attached hydrogens (tertiary/aromatic N) is 2. The summed E-state index contributed by atoms with van der Waals surface area (Å²) in [6, 6.07) is 11.9. The lowest BCUT2D eigenvalue weighted by atomic mass is 9.96. The van der Waals surface area contributed by atoms with Gasteiger partial charge in [-0.25, -0.2) is 13.1 Å². The molecule has 2 aliphatic heterocycles. The summed E-state index contributed by atoms with van der Waals surface area (Å²) >= 11 is 0. The molecule has 1 saturated heterocycles. The van der Waals surface area contributed by atoms with Crippen LogP contribution in [0.1, 0.15) is 34.7 Å². The van der Waals surface area contributed by atoms with Gasteiger partial charge in [-0.2, -0.15) is 0 Å². The van der Waals surface area contributed by atoms with Gasteiger partial charge in [-0.3, -0.25) is 4.90 Å². The van der Waals surface area contributed by atoms with E-state index in [1.54, 1.807) is 12.1 Å². The third kappa shape index (κ3) is 4.95. The van der Waals surface area contributed by atoms with E-state index in [4.69, 9.17) is 4.74 Å². The van der Waals surface area contributed by atoms with E-state index < -0.39 is 10.0 Å². The number of hydrogen-bond donors (Lipinski definition) is 1. The van der Waals surface area contributed by atoms with Crippen molar-refractivity contribution >= 4 is 15.7 Å². The van der Waals surface area contributed by atoms with Crippen molar-refractivity contribution in [2.24, 2.45) is 0 Å². The Labute approximate surface area is 186 Å². The van der Waals surface area contributed by atoms with Crippen LogP contribution in [-0.4, -0.2) is 59.8 Å². The van der Waals surface area contributed by atoms with Crippen LogP contribution in [0.2, 0.25) is 0 Å². The molecule has 168 valence electrons. The van der Waals surface area contributed by atoms with Gasteiger partial charge in [0.25, 0.3) is 0 Å². The van der Waals surface area contributed by atoms with Crippen molar-refractivity contribution in [2.75, 3.05) is 51.3 Å². The highest BCUT2D eigenvalue weighted by Crippen LogP contribution is 2.31. The standard InChI is InChI=1S/C24H33N3O3S/c1-18-6-8-22(15-19(18)2)31(28,29)25-17-24(27-11-13-30-14-12-27)21-7-9-23-20(16-21)5-4-10-26(23)3/h6-9,15-16,24-25H,4-5,10-14,17H2,1-3H3/t24-/m1/s1. The summed E-state index contributed by atoms with van der Waals surface area (Å²) in [7, 11) is -1.45. The number of nitrogens with one attached hydrogen (secondary N) is 1. The molecule has 31 heavy (non-hydrogen) atoms. The summed E-state index contributed by atoms with van der Waals surface area (Å²) in [6.45, 7) is 8.29. The smallest absolute Gasteiger partial charge is 0.240 e. The van der Waals surface area contributed by atoms with Crippen LogP contribution >= 0.6 is 0 Å². The molecule has 2 heterocycles. The zero-order valence-corrected chi connectivity index (χ0v) is 19.5. The van der Waals surface area contributed by atoms with Crippen LogP contribution < -0.4 is 9.62 Å². The van der Waals surface area contributed by atoms with Crippen LogP contribution in [-0.2, 0) is 21.2 Å². The van der Waals surface area contributed by atoms with Gasteiger partial charge >= 0.3 is 0 Å². The molecule has 0 saturated carbocycles. The molecule has 7 heteroatoms. The maximum atomic E-state index is 13.0. The minimum Gasteiger partial charge on any atom is -0.379 e. The summed E-state index contributed by atoms with van der Waals surface area (Å²) in [4.78, 5) is 4.96. The number of ether oxygens (including phenoxy) is 1. The molecule has 0 unspecified atom stereocenters. The molecule has 0 bridgehead atoms. The lowest BCUT2D eigenvalue weighted by molar-refractivity contribution is 0.0172. The lowest BCUT2D eigenvalue weighted by Gasteiger charge is -2.36. The van der Waals surface area contributed by atoms with Crippen LogP contribution in [0.5, 0.6) is 0 Å². The van der Waals surface area contributed by atoms with Gasteiger partial charge in [0.2, 0.25) is 10.0 Å². The van der Waals surface area contributed by atoms with Gasteiger partial charge in [-0.1, -0.05) is 18.2 Å². The summed E-state index contributed by atoms with van der Waals surface area (Å²) < 4.78 is 34.5. The summed E-state index contributed by atoms with van der Waals surface area (Å²) in [5.74, 6) is 0. The van der Waals surface area contributed by atoms with Crippen LogP contribution in [0.25, 0.3) is 0 Å². The van der Waals surface area contributed by atoms with E-state index in [1.165, 1.54) is 16.8 Å². The van der Waals surface area contributed by atoms with Crippen molar-refractivity contribution in [1.82, 2.24) is 9.62 Å². The molecular formula is C24H33N3O3S. The first-order valence-electron chi connectivity index (χ1n) is 11.1. The van der Waals surface area contributed by atoms with E-state index >= 15 is 0 Å². The Balaban J connectivity index is 1.59. The molecule has 1 atom stereocenters. The van der Waals surface area contributed by atoms with Gasteiger partial charge in [0.1, 0.15) is 0 Å². The molecule has 1 fully saturated rings. The molecule has 1 N–H and O–H groups in total. The van der Waals surface area contributed by atoms with Crippen molar-refractivity contribution in [3.63, 3.8) is 0 Å². The quantitative estimate of drug-likeness (QED) is 0.744. The minimum absolute atomic E-state index is 0.0252. The van der Waals surface area contributed by atoms with Gasteiger partial charge in [0, 0.05) is 45.0 Å². The van der Waals surface area contributed by atoms with Gasteiger partial charge in [0.05, 0.1) is 18.1 Å². The number of sulfonamides is 1. The Kier molecular flexibility index (Phi) is 6.67. The molecular weight excluding hydrogens is 410 g/mol. The van der Waals surface area contributed by atoms with E-state index in [0.29, 0.717) is 24.7 Å². The van der Waals surface area contributed by atoms with Gasteiger partial charge in [-0.05, 0) is 67.1 Å². The molecule has 0 aliphatic carbocycles. The van der Waals surface area contributed by atoms with Gasteiger partial charge < -0.3 is 9.64 Å². The molecule has 4 rings (SSSR count). The van der Waals surface area contributed by atoms with E-state index in [-0.39, 0.29) is 6.04 Å². The topological polar surface area (TPSA) is 61.9 Å². The van der Waals surface area contributed by atoms with Crippen molar-refractivity contribution in [2.45, 2.75) is 37.6 Å². The molecule has 0 amide bonds. The van der Waals surface area contributed by atoms with Crippen molar-refractivity contribution in [1.29, 1.82) is 0 Å². The summed E-state index contributed by atoms with van der Waals surface area (Å²) in [5.41, 5.74) is 5.86. The highest BCUT2D eigenvalue weighted by atomic mass is 32.2. The number of benzene rings is 2. The van der Waals surface area contributed by atoms with Crippen LogP contribution in [0.3, 0.4) is 0 Å². The molecule has 0 radical (unpaired) electrons. The second-order valence-electron chi connectivity index (χ2n) is 8.68. The fourth-order valence-electron chi connectivity index (χ4n) is 4.51. The Morgan fingerprint density at radius 2 is 1.81 bits per heavy atom. The summed E-state index contributed by atoms with van der Waals surface area (Å²) in [6.07, 6.45) is 2.21. The Morgan fingerprint density at radius 1 is 1.03 bits per heavy atom. The summed E-state index contributed by atoms with van der Waals surface area (Å²) in [5, 5.41) is 0. The molecule has 0 aromatic heterocycles. The molecule has 2 aromatic carbocycles. The van der Waals surface area contributed by atoms with Crippen LogP contribution in [0.15, 0.2) is 41.3 Å². The molecule has 6 nitrogen and oxygen atoms in total. The fourth-order valence-corrected chi connectivity index (χ4v) is 5.64. The highest BCUT2D eigenvalue weighted by molar-refractivity contribution is 7.89. The Morgan fingerprint density at radius 3 is 2.55 bits per heavy atom. The fraction of sp³-hybridized carbons (Fsp3) is 0.500. The first-order valence-corrected chi connectivity index (χ1v) is 12.6. The number of rotatable bonds is 6. The molecule has 0 spiro atoms. The second kappa shape index (κ2) is 9.28. The van der Waals surface area contributed by atoms with E-state index in [2.05, 4.69) is 39.8 Å². The number of fused-ring (bicyclic) bond motifs is 1. The zero-order valence-electron chi connectivity index (χ0n) is 18.7. The van der Waals surface area contributed by atoms with Crippen LogP contribution in [0.4, 0.5) is 5.69 Å². The molecule has 2 aliphatic rings. The second-order valence-corrected chi connectivity index (χ2v) is 10.4. The number of hydrogen-bond acceptors (Lipinski definition) is 5. The number of aryl methyl sites for hydroxylation is 3. The molecule has 2 aromatic rings. The predicted octanol–water partition coefficient (Wildman–Crippen LogP) is 3.04. The first kappa shape index (κ1) is 22.3. The average Bonchev–Trinajstić information content (AvgIpc) is 2.76. The van der Waals surface area contributed by atoms with Gasteiger partial charge in [-0.15, -0.1) is 0 Å². The van der Waals surface area contributed by atoms with E-state index in [9.17, 15) is 8.42 Å². The number of anilines is 1. The lowest BCUT2D eigenvalue weighted by Crippen LogP contribution is -2.43. The maximum absolute atomic E-state index is 13.0. The van der Waals surface area contributed by atoms with E-state index in [1.807, 2.05) is 19.9 Å². The van der Waals surface area contributed by atoms with Crippen LogP contribution in [0, 0.1) is 13.8 Å². The minimum atomic E-state index is -3.58.